The maximum Gasteiger partial charge on any atom is 0.325 e. The van der Waals surface area contributed by atoms with E-state index in [0.717, 1.165) is 0 Å². The molecule has 94 valence electrons. The zero-order valence-electron chi connectivity index (χ0n) is 9.56. The van der Waals surface area contributed by atoms with Crippen LogP contribution in [0.5, 0.6) is 0 Å². The van der Waals surface area contributed by atoms with Crippen molar-refractivity contribution in [3.8, 4) is 0 Å². The monoisotopic (exact) mass is 242 g/mol. The van der Waals surface area contributed by atoms with E-state index >= 15 is 0 Å². The van der Waals surface area contributed by atoms with Crippen LogP contribution in [0.3, 0.4) is 0 Å². The number of nitrogens with zero attached hydrogens (tertiary/aromatic N) is 2. The quantitative estimate of drug-likeness (QED) is 0.652. The molecule has 0 saturated carbocycles. The topological polar surface area (TPSA) is 117 Å². The van der Waals surface area contributed by atoms with E-state index in [1.165, 1.54) is 6.92 Å². The van der Waals surface area contributed by atoms with Crippen LogP contribution in [0.25, 0.3) is 0 Å². The second-order valence-electron chi connectivity index (χ2n) is 3.44. The lowest BCUT2D eigenvalue weighted by Gasteiger charge is -2.09. The van der Waals surface area contributed by atoms with Crippen molar-refractivity contribution in [2.45, 2.75) is 26.3 Å². The summed E-state index contributed by atoms with van der Waals surface area (Å²) in [4.78, 5) is 25.6. The van der Waals surface area contributed by atoms with Crippen LogP contribution in [-0.4, -0.2) is 39.8 Å². The predicted molar refractivity (Wildman–Crippen MR) is 56.4 cm³/mol. The Morgan fingerprint density at radius 2 is 2.24 bits per heavy atom. The number of rotatable bonds is 5. The number of aliphatic carboxylic acids is 1. The normalized spacial score (nSPS) is 11.9. The summed E-state index contributed by atoms with van der Waals surface area (Å²) >= 11 is 0. The van der Waals surface area contributed by atoms with E-state index in [0.29, 0.717) is 24.7 Å². The smallest absolute Gasteiger partial charge is 0.325 e. The van der Waals surface area contributed by atoms with E-state index in [1.807, 2.05) is 0 Å². The van der Waals surface area contributed by atoms with E-state index in [4.69, 9.17) is 9.63 Å². The largest absolute Gasteiger partial charge is 0.480 e. The molecule has 0 aliphatic rings. The third-order valence-electron chi connectivity index (χ3n) is 1.92. The molecule has 0 spiro atoms. The number of hydrogen-bond donors (Lipinski definition) is 3. The number of nitrogens with one attached hydrogen (secondary N) is 2. The zero-order valence-corrected chi connectivity index (χ0v) is 9.56. The van der Waals surface area contributed by atoms with E-state index in [1.54, 1.807) is 6.92 Å². The molecule has 2 amide bonds. The second-order valence-corrected chi connectivity index (χ2v) is 3.44. The highest BCUT2D eigenvalue weighted by molar-refractivity contribution is 5.82. The molecule has 1 aromatic rings. The SMILES string of the molecule is Cc1nc(CCNC(=O)N[C@@H](C)C(=O)O)no1. The first-order valence-corrected chi connectivity index (χ1v) is 5.05. The van der Waals surface area contributed by atoms with Gasteiger partial charge in [-0.1, -0.05) is 5.16 Å². The lowest BCUT2D eigenvalue weighted by atomic mass is 10.3. The number of carbonyl (C=O) groups is 2. The van der Waals surface area contributed by atoms with Gasteiger partial charge >= 0.3 is 12.0 Å². The van der Waals surface area contributed by atoms with Crippen LogP contribution in [0.2, 0.25) is 0 Å². The molecular weight excluding hydrogens is 228 g/mol. The number of carbonyl (C=O) groups excluding carboxylic acids is 1. The van der Waals surface area contributed by atoms with E-state index in [-0.39, 0.29) is 0 Å². The third kappa shape index (κ3) is 4.49. The van der Waals surface area contributed by atoms with Gasteiger partial charge in [0.25, 0.3) is 0 Å². The number of carboxylic acid groups (broad SMARTS) is 1. The summed E-state index contributed by atoms with van der Waals surface area (Å²) in [6, 6.07) is -1.47. The Morgan fingerprint density at radius 3 is 2.76 bits per heavy atom. The summed E-state index contributed by atoms with van der Waals surface area (Å²) in [6.45, 7) is 3.35. The van der Waals surface area contributed by atoms with Crippen molar-refractivity contribution in [3.63, 3.8) is 0 Å². The van der Waals surface area contributed by atoms with Gasteiger partial charge in [-0.3, -0.25) is 4.79 Å². The summed E-state index contributed by atoms with van der Waals surface area (Å²) in [7, 11) is 0. The molecule has 17 heavy (non-hydrogen) atoms. The van der Waals surface area contributed by atoms with Crippen molar-refractivity contribution >= 4 is 12.0 Å². The Labute approximate surface area is 97.4 Å². The maximum absolute atomic E-state index is 11.2. The number of hydrogen-bond acceptors (Lipinski definition) is 5. The Kier molecular flexibility index (Phi) is 4.44. The molecule has 8 heteroatoms. The fourth-order valence-corrected chi connectivity index (χ4v) is 1.04. The Balaban J connectivity index is 2.22. The van der Waals surface area contributed by atoms with E-state index in [2.05, 4.69) is 20.8 Å². The highest BCUT2D eigenvalue weighted by Gasteiger charge is 2.13. The van der Waals surface area contributed by atoms with Gasteiger partial charge in [-0.2, -0.15) is 4.98 Å². The minimum atomic E-state index is -1.09. The summed E-state index contributed by atoms with van der Waals surface area (Å²) in [5, 5.41) is 17.0. The molecule has 1 aromatic heterocycles. The minimum absolute atomic E-state index is 0.303. The van der Waals surface area contributed by atoms with Gasteiger partial charge in [0.15, 0.2) is 5.82 Å². The highest BCUT2D eigenvalue weighted by Crippen LogP contribution is 1.94. The van der Waals surface area contributed by atoms with Gasteiger partial charge < -0.3 is 20.3 Å². The highest BCUT2D eigenvalue weighted by atomic mass is 16.5. The van der Waals surface area contributed by atoms with Crippen LogP contribution in [0, 0.1) is 6.92 Å². The molecule has 0 bridgehead atoms. The maximum atomic E-state index is 11.2. The minimum Gasteiger partial charge on any atom is -0.480 e. The molecule has 0 aliphatic carbocycles. The lowest BCUT2D eigenvalue weighted by Crippen LogP contribution is -2.44. The standard InChI is InChI=1S/C9H14N4O4/c1-5(8(14)15)11-9(16)10-4-3-7-12-6(2)17-13-7/h5H,3-4H2,1-2H3,(H,14,15)(H2,10,11,16)/t5-/m0/s1. The molecule has 1 rings (SSSR count). The van der Waals surface area contributed by atoms with Crippen molar-refractivity contribution < 1.29 is 19.2 Å². The molecule has 0 radical (unpaired) electrons. The molecule has 1 heterocycles. The Morgan fingerprint density at radius 1 is 1.53 bits per heavy atom. The van der Waals surface area contributed by atoms with Gasteiger partial charge in [0, 0.05) is 19.9 Å². The predicted octanol–water partition coefficient (Wildman–Crippen LogP) is -0.307. The van der Waals surface area contributed by atoms with Crippen molar-refractivity contribution in [1.29, 1.82) is 0 Å². The fourth-order valence-electron chi connectivity index (χ4n) is 1.04. The third-order valence-corrected chi connectivity index (χ3v) is 1.92. The molecule has 8 nitrogen and oxygen atoms in total. The van der Waals surface area contributed by atoms with Crippen molar-refractivity contribution in [2.24, 2.45) is 0 Å². The van der Waals surface area contributed by atoms with Crippen LogP contribution >= 0.6 is 0 Å². The average Bonchev–Trinajstić information content (AvgIpc) is 2.64. The molecule has 0 fully saturated rings. The molecule has 1 atom stereocenters. The molecule has 0 saturated heterocycles. The molecule has 0 aromatic carbocycles. The first-order valence-electron chi connectivity index (χ1n) is 5.05. The number of aromatic nitrogens is 2. The molecule has 0 aliphatic heterocycles. The Hall–Kier alpha value is -2.12. The average molecular weight is 242 g/mol. The first-order chi connectivity index (χ1) is 7.99. The van der Waals surface area contributed by atoms with Crippen molar-refractivity contribution in [3.05, 3.63) is 11.7 Å². The van der Waals surface area contributed by atoms with Gasteiger partial charge in [-0.15, -0.1) is 0 Å². The number of carboxylic acids is 1. The van der Waals surface area contributed by atoms with Crippen LogP contribution < -0.4 is 10.6 Å². The molecular formula is C9H14N4O4. The Bertz CT molecular complexity index is 403. The fraction of sp³-hybridized carbons (Fsp3) is 0.556. The zero-order chi connectivity index (χ0) is 12.8. The van der Waals surface area contributed by atoms with Gasteiger partial charge in [0.2, 0.25) is 5.89 Å². The molecule has 3 N–H and O–H groups in total. The summed E-state index contributed by atoms with van der Waals surface area (Å²) in [5.41, 5.74) is 0. The van der Waals surface area contributed by atoms with Crippen LogP contribution in [-0.2, 0) is 11.2 Å². The van der Waals surface area contributed by atoms with Crippen molar-refractivity contribution in [2.75, 3.05) is 6.54 Å². The first kappa shape index (κ1) is 12.9. The van der Waals surface area contributed by atoms with Crippen molar-refractivity contribution in [1.82, 2.24) is 20.8 Å². The van der Waals surface area contributed by atoms with Crippen LogP contribution in [0.1, 0.15) is 18.6 Å². The van der Waals surface area contributed by atoms with Gasteiger partial charge in [-0.05, 0) is 6.92 Å². The molecule has 0 unspecified atom stereocenters. The lowest BCUT2D eigenvalue weighted by molar-refractivity contribution is -0.138. The van der Waals surface area contributed by atoms with E-state index < -0.39 is 18.0 Å². The number of urea groups is 1. The summed E-state index contributed by atoms with van der Waals surface area (Å²) in [5.74, 6) is -0.132. The number of aryl methyl sites for hydroxylation is 1. The summed E-state index contributed by atoms with van der Waals surface area (Å²) < 4.78 is 4.75. The van der Waals surface area contributed by atoms with Gasteiger partial charge in [-0.25, -0.2) is 4.79 Å². The van der Waals surface area contributed by atoms with E-state index in [9.17, 15) is 9.59 Å². The van der Waals surface area contributed by atoms with Crippen LogP contribution in [0.15, 0.2) is 4.52 Å². The van der Waals surface area contributed by atoms with Gasteiger partial charge in [0.1, 0.15) is 6.04 Å². The van der Waals surface area contributed by atoms with Gasteiger partial charge in [0.05, 0.1) is 0 Å². The number of amides is 2. The second kappa shape index (κ2) is 5.83. The summed E-state index contributed by atoms with van der Waals surface area (Å²) in [6.07, 6.45) is 0.423. The van der Waals surface area contributed by atoms with Crippen LogP contribution in [0.4, 0.5) is 4.79 Å².